The summed E-state index contributed by atoms with van der Waals surface area (Å²) in [5.74, 6) is -7.65. The van der Waals surface area contributed by atoms with Crippen molar-refractivity contribution in [2.75, 3.05) is 20.8 Å². The number of hydrogen-bond donors (Lipinski definition) is 2. The number of ketones is 3. The van der Waals surface area contributed by atoms with Crippen molar-refractivity contribution in [3.63, 3.8) is 0 Å². The normalized spacial score (nSPS) is 36.8. The van der Waals surface area contributed by atoms with Crippen LogP contribution in [0.1, 0.15) is 113 Å². The Bertz CT molecular complexity index is 1530. The number of allylic oxidation sites excluding steroid dienone is 6. The number of ether oxygens (including phenoxy) is 4. The molecule has 0 aromatic carbocycles. The van der Waals surface area contributed by atoms with E-state index in [1.54, 1.807) is 34.0 Å². The number of esters is 1. The minimum Gasteiger partial charge on any atom is -0.460 e. The number of aliphatic hydroxyl groups is 2. The van der Waals surface area contributed by atoms with Gasteiger partial charge in [-0.25, -0.2) is 4.79 Å². The van der Waals surface area contributed by atoms with E-state index in [0.29, 0.717) is 50.5 Å². The van der Waals surface area contributed by atoms with Gasteiger partial charge in [0.25, 0.3) is 11.7 Å². The van der Waals surface area contributed by atoms with Crippen molar-refractivity contribution in [1.82, 2.24) is 4.90 Å². The summed E-state index contributed by atoms with van der Waals surface area (Å²) >= 11 is 0. The third kappa shape index (κ3) is 12.6. The van der Waals surface area contributed by atoms with Gasteiger partial charge in [0.15, 0.2) is 11.6 Å². The molecule has 320 valence electrons. The van der Waals surface area contributed by atoms with Gasteiger partial charge in [0.05, 0.1) is 18.3 Å². The minimum absolute atomic E-state index is 0.0424. The van der Waals surface area contributed by atoms with Gasteiger partial charge in [0.1, 0.15) is 18.2 Å². The van der Waals surface area contributed by atoms with E-state index in [1.165, 1.54) is 12.0 Å². The highest BCUT2D eigenvalue weighted by molar-refractivity contribution is 6.39. The van der Waals surface area contributed by atoms with E-state index in [1.807, 2.05) is 65.0 Å². The van der Waals surface area contributed by atoms with Crippen LogP contribution in [0.2, 0.25) is 0 Å². The van der Waals surface area contributed by atoms with Gasteiger partial charge in [-0.2, -0.15) is 0 Å². The molecular formula is C45H69NO11. The number of piperidine rings is 1. The van der Waals surface area contributed by atoms with Crippen molar-refractivity contribution in [2.45, 2.75) is 156 Å². The standard InChI is InChI=1S/C45H69NO11/c1-11-28(3)38-26-36(47)30(5)24-32(7)40(49)41(55-10)39(48)31(6)23-27(2)17-13-12-14-18-29(4)37(54-9)25-34-21-20-33(8)45(53,57-34)42(50)43(51)46-22-16-15-19-35(46)44(52)56-38/h12-14,17-18,24,27-28,31-35,37-38,40-41,49,53H,11,15-16,19-23,25-26H2,1-10H3/b14-12?,17-13?,29-18?,30-24+. The lowest BCUT2D eigenvalue weighted by molar-refractivity contribution is -0.265. The predicted octanol–water partition coefficient (Wildman–Crippen LogP) is 6.02. The smallest absolute Gasteiger partial charge is 0.329 e. The molecule has 0 spiro atoms. The summed E-state index contributed by atoms with van der Waals surface area (Å²) in [6.45, 7) is 14.7. The third-order valence-corrected chi connectivity index (χ3v) is 12.3. The fourth-order valence-corrected chi connectivity index (χ4v) is 8.06. The first-order chi connectivity index (χ1) is 26.9. The zero-order valence-corrected chi connectivity index (χ0v) is 35.9. The van der Waals surface area contributed by atoms with Crippen LogP contribution < -0.4 is 0 Å². The lowest BCUT2D eigenvalue weighted by Crippen LogP contribution is -2.61. The average molecular weight is 800 g/mol. The number of rotatable bonds is 4. The van der Waals surface area contributed by atoms with Gasteiger partial charge >= 0.3 is 5.97 Å². The molecule has 2 bridgehead atoms. The third-order valence-electron chi connectivity index (χ3n) is 12.3. The van der Waals surface area contributed by atoms with Crippen LogP contribution in [-0.2, 0) is 42.9 Å². The summed E-state index contributed by atoms with van der Waals surface area (Å²) in [5, 5.41) is 23.1. The second-order valence-corrected chi connectivity index (χ2v) is 16.8. The second-order valence-electron chi connectivity index (χ2n) is 16.8. The lowest BCUT2D eigenvalue weighted by atomic mass is 9.85. The number of carbonyl (C=O) groups excluding carboxylic acids is 5. The van der Waals surface area contributed by atoms with Gasteiger partial charge < -0.3 is 34.1 Å². The number of Topliss-reactive ketones (excluding diaryl/α,β-unsaturated/α-hetero) is 3. The molecule has 57 heavy (non-hydrogen) atoms. The highest BCUT2D eigenvalue weighted by Crippen LogP contribution is 2.37. The molecule has 0 saturated carbocycles. The van der Waals surface area contributed by atoms with E-state index in [2.05, 4.69) is 0 Å². The summed E-state index contributed by atoms with van der Waals surface area (Å²) in [5.41, 5.74) is 1.23. The van der Waals surface area contributed by atoms with Gasteiger partial charge in [-0.05, 0) is 75.4 Å². The highest BCUT2D eigenvalue weighted by Gasteiger charge is 2.53. The van der Waals surface area contributed by atoms with E-state index in [-0.39, 0.29) is 42.8 Å². The van der Waals surface area contributed by atoms with Crippen molar-refractivity contribution >= 4 is 29.2 Å². The molecule has 2 fully saturated rings. The minimum atomic E-state index is -2.39. The van der Waals surface area contributed by atoms with Crippen molar-refractivity contribution in [2.24, 2.45) is 29.6 Å². The monoisotopic (exact) mass is 799 g/mol. The zero-order valence-electron chi connectivity index (χ0n) is 35.9. The van der Waals surface area contributed by atoms with Crippen LogP contribution in [0.15, 0.2) is 47.6 Å². The van der Waals surface area contributed by atoms with Crippen LogP contribution >= 0.6 is 0 Å². The SMILES string of the molecule is CCC(C)C1CC(=O)/C(C)=C/C(C)C(O)C(OC)C(=O)C(C)CC(C)C=CC=CC=C(C)C(OC)CC2CCC(C)C(O)(O2)C(=O)C(=O)N2CCCCC2C(=O)O1. The molecule has 3 rings (SSSR count). The van der Waals surface area contributed by atoms with E-state index in [9.17, 15) is 34.2 Å². The number of fused-ring (bicyclic) bond motifs is 3. The molecular weight excluding hydrogens is 730 g/mol. The summed E-state index contributed by atoms with van der Waals surface area (Å²) in [7, 11) is 2.97. The van der Waals surface area contributed by atoms with E-state index >= 15 is 0 Å². The summed E-state index contributed by atoms with van der Waals surface area (Å²) < 4.78 is 23.4. The molecule has 0 aromatic heterocycles. The topological polar surface area (TPSA) is 166 Å². The molecule has 3 aliphatic rings. The van der Waals surface area contributed by atoms with Gasteiger partial charge in [-0.3, -0.25) is 19.2 Å². The van der Waals surface area contributed by atoms with Crippen LogP contribution in [0, 0.1) is 29.6 Å². The summed E-state index contributed by atoms with van der Waals surface area (Å²) in [4.78, 5) is 70.2. The summed E-state index contributed by atoms with van der Waals surface area (Å²) in [6, 6.07) is -1.08. The number of amides is 1. The van der Waals surface area contributed by atoms with Gasteiger partial charge in [-0.1, -0.05) is 84.4 Å². The average Bonchev–Trinajstić information content (AvgIpc) is 3.19. The number of carbonyl (C=O) groups is 5. The maximum Gasteiger partial charge on any atom is 0.329 e. The Morgan fingerprint density at radius 3 is 2.30 bits per heavy atom. The molecule has 12 unspecified atom stereocenters. The highest BCUT2D eigenvalue weighted by atomic mass is 16.6. The first-order valence-electron chi connectivity index (χ1n) is 20.9. The quantitative estimate of drug-likeness (QED) is 0.252. The largest absolute Gasteiger partial charge is 0.460 e. The van der Waals surface area contributed by atoms with Crippen molar-refractivity contribution < 1.29 is 53.1 Å². The van der Waals surface area contributed by atoms with Crippen molar-refractivity contribution in [3.8, 4) is 0 Å². The van der Waals surface area contributed by atoms with E-state index in [0.717, 1.165) is 5.57 Å². The van der Waals surface area contributed by atoms with Crippen LogP contribution in [-0.4, -0.2) is 107 Å². The Morgan fingerprint density at radius 1 is 0.947 bits per heavy atom. The number of nitrogens with zero attached hydrogens (tertiary/aromatic N) is 1. The lowest BCUT2D eigenvalue weighted by Gasteiger charge is -2.42. The molecule has 2 saturated heterocycles. The second kappa shape index (κ2) is 22.2. The fraction of sp³-hybridized carbons (Fsp3) is 0.711. The number of cyclic esters (lactones) is 1. The maximum atomic E-state index is 14.0. The van der Waals surface area contributed by atoms with Crippen LogP contribution in [0.4, 0.5) is 0 Å². The Morgan fingerprint density at radius 2 is 1.65 bits per heavy atom. The van der Waals surface area contributed by atoms with Gasteiger partial charge in [-0.15, -0.1) is 0 Å². The molecule has 0 aliphatic carbocycles. The summed E-state index contributed by atoms with van der Waals surface area (Å²) in [6.07, 6.45) is 10.8. The van der Waals surface area contributed by atoms with Crippen LogP contribution in [0.3, 0.4) is 0 Å². The molecule has 12 atom stereocenters. The Labute approximate surface area is 340 Å². The first-order valence-corrected chi connectivity index (χ1v) is 20.9. The zero-order chi connectivity index (χ0) is 42.6. The molecule has 3 aliphatic heterocycles. The number of aliphatic hydroxyl groups excluding tert-OH is 1. The van der Waals surface area contributed by atoms with Crippen LogP contribution in [0.5, 0.6) is 0 Å². The molecule has 2 N–H and O–H groups in total. The molecule has 12 heteroatoms. The predicted molar refractivity (Wildman–Crippen MR) is 217 cm³/mol. The van der Waals surface area contributed by atoms with Crippen molar-refractivity contribution in [1.29, 1.82) is 0 Å². The first kappa shape index (κ1) is 48.1. The van der Waals surface area contributed by atoms with Crippen LogP contribution in [0.25, 0.3) is 0 Å². The fourth-order valence-electron chi connectivity index (χ4n) is 8.06. The Balaban J connectivity index is 2.00. The van der Waals surface area contributed by atoms with Gasteiger partial charge in [0, 0.05) is 51.4 Å². The van der Waals surface area contributed by atoms with Crippen molar-refractivity contribution in [3.05, 3.63) is 47.6 Å². The molecule has 12 nitrogen and oxygen atoms in total. The molecule has 0 radical (unpaired) electrons. The molecule has 0 aromatic rings. The number of methoxy groups -OCH3 is 2. The maximum absolute atomic E-state index is 14.0. The van der Waals surface area contributed by atoms with E-state index in [4.69, 9.17) is 18.9 Å². The number of hydrogen-bond acceptors (Lipinski definition) is 11. The molecule has 3 heterocycles. The Kier molecular flexibility index (Phi) is 18.7. The molecule has 1 amide bonds. The van der Waals surface area contributed by atoms with Gasteiger partial charge in [0.2, 0.25) is 5.79 Å². The Hall–Kier alpha value is -3.29. The van der Waals surface area contributed by atoms with E-state index < -0.39 is 77.8 Å².